The van der Waals surface area contributed by atoms with E-state index in [9.17, 15) is 4.21 Å². The number of nitrogens with one attached hydrogen (secondary N) is 1. The van der Waals surface area contributed by atoms with Crippen LogP contribution in [0.2, 0.25) is 0 Å². The van der Waals surface area contributed by atoms with Gasteiger partial charge in [0, 0.05) is 11.9 Å². The third-order valence-electron chi connectivity index (χ3n) is 3.13. The average Bonchev–Trinajstić information content (AvgIpc) is 2.42. The lowest BCUT2D eigenvalue weighted by Gasteiger charge is -2.24. The molecule has 0 unspecified atom stereocenters. The molecular weight excluding hydrogens is 290 g/mol. The van der Waals surface area contributed by atoms with Gasteiger partial charge in [-0.25, -0.2) is 8.93 Å². The van der Waals surface area contributed by atoms with Gasteiger partial charge in [-0.2, -0.15) is 0 Å². The highest BCUT2D eigenvalue weighted by atomic mass is 35.5. The lowest BCUT2D eigenvalue weighted by atomic mass is 10.0. The monoisotopic (exact) mass is 315 g/mol. The second kappa shape index (κ2) is 8.81. The Morgan fingerprint density at radius 1 is 1.15 bits per heavy atom. The summed E-state index contributed by atoms with van der Waals surface area (Å²) in [5.41, 5.74) is 1.20. The van der Waals surface area contributed by atoms with Crippen molar-refractivity contribution >= 4 is 22.6 Å². The summed E-state index contributed by atoms with van der Waals surface area (Å²) in [5, 5.41) is 0. The molecule has 0 heterocycles. The second-order valence-corrected chi connectivity index (χ2v) is 8.38. The molecule has 1 rings (SSSR count). The Morgan fingerprint density at radius 2 is 1.80 bits per heavy atom. The Hall–Kier alpha value is -0.380. The zero-order valence-electron chi connectivity index (χ0n) is 12.7. The van der Waals surface area contributed by atoms with E-state index in [2.05, 4.69) is 16.9 Å². The number of benzene rings is 1. The Kier molecular flexibility index (Phi) is 7.78. The molecule has 0 spiro atoms. The van der Waals surface area contributed by atoms with Crippen LogP contribution in [0.3, 0.4) is 0 Å². The molecule has 0 aromatic heterocycles. The van der Waals surface area contributed by atoms with Gasteiger partial charge in [-0.1, -0.05) is 43.2 Å². The van der Waals surface area contributed by atoms with Crippen LogP contribution < -0.4 is 4.72 Å². The third-order valence-corrected chi connectivity index (χ3v) is 5.01. The van der Waals surface area contributed by atoms with Crippen molar-refractivity contribution in [2.45, 2.75) is 57.2 Å². The van der Waals surface area contributed by atoms with E-state index < -0.39 is 11.0 Å². The van der Waals surface area contributed by atoms with Crippen LogP contribution in [0.5, 0.6) is 0 Å². The fourth-order valence-corrected chi connectivity index (χ4v) is 2.96. The van der Waals surface area contributed by atoms with E-state index in [4.69, 9.17) is 11.6 Å². The Bertz CT molecular complexity index is 403. The van der Waals surface area contributed by atoms with Crippen molar-refractivity contribution in [1.82, 2.24) is 4.72 Å². The summed E-state index contributed by atoms with van der Waals surface area (Å²) in [6.45, 7) is 5.98. The van der Waals surface area contributed by atoms with Gasteiger partial charge < -0.3 is 0 Å². The summed E-state index contributed by atoms with van der Waals surface area (Å²) in [7, 11) is -1.05. The minimum Gasteiger partial charge on any atom is -0.242 e. The molecule has 20 heavy (non-hydrogen) atoms. The summed E-state index contributed by atoms with van der Waals surface area (Å²) < 4.78 is 15.4. The standard InChI is InChI=1S/C16H26ClNOS/c1-16(2,3)20(19)18-15(12-8-5-9-13-17)14-10-6-4-7-11-14/h4,6-7,10-11,15,18H,5,8-9,12-13H2,1-3H3/t15-,20-/m0/s1. The topological polar surface area (TPSA) is 29.1 Å². The molecular formula is C16H26ClNOS. The zero-order chi connectivity index (χ0) is 15.0. The first-order valence-electron chi connectivity index (χ1n) is 7.24. The van der Waals surface area contributed by atoms with Crippen LogP contribution in [0.15, 0.2) is 30.3 Å². The molecule has 2 nitrogen and oxygen atoms in total. The third kappa shape index (κ3) is 6.38. The molecule has 0 amide bonds. The van der Waals surface area contributed by atoms with Crippen LogP contribution in [0.25, 0.3) is 0 Å². The van der Waals surface area contributed by atoms with Crippen molar-refractivity contribution in [2.24, 2.45) is 0 Å². The maximum absolute atomic E-state index is 12.3. The first-order valence-corrected chi connectivity index (χ1v) is 8.92. The Labute approximate surface area is 130 Å². The SMILES string of the molecule is CC(C)(C)[S@](=O)N[C@@H](CCCCCCl)c1ccccc1. The van der Waals surface area contributed by atoms with Crippen LogP contribution in [-0.2, 0) is 11.0 Å². The van der Waals surface area contributed by atoms with E-state index in [-0.39, 0.29) is 10.8 Å². The van der Waals surface area contributed by atoms with Crippen LogP contribution in [0.1, 0.15) is 58.1 Å². The van der Waals surface area contributed by atoms with Crippen molar-refractivity contribution in [3.05, 3.63) is 35.9 Å². The molecule has 0 radical (unpaired) electrons. The molecule has 0 saturated heterocycles. The molecule has 0 aliphatic heterocycles. The summed E-state index contributed by atoms with van der Waals surface area (Å²) in [5.74, 6) is 0.720. The molecule has 0 aliphatic carbocycles. The van der Waals surface area contributed by atoms with E-state index in [0.29, 0.717) is 0 Å². The number of halogens is 1. The van der Waals surface area contributed by atoms with Crippen LogP contribution in [0.4, 0.5) is 0 Å². The van der Waals surface area contributed by atoms with Gasteiger partial charge in [-0.15, -0.1) is 11.6 Å². The van der Waals surface area contributed by atoms with Crippen molar-refractivity contribution in [3.8, 4) is 0 Å². The van der Waals surface area contributed by atoms with E-state index in [1.165, 1.54) is 5.56 Å². The summed E-state index contributed by atoms with van der Waals surface area (Å²) in [4.78, 5) is 0. The number of rotatable bonds is 8. The smallest absolute Gasteiger partial charge is 0.0975 e. The molecule has 1 N–H and O–H groups in total. The minimum absolute atomic E-state index is 0.145. The van der Waals surface area contributed by atoms with Gasteiger partial charge in [0.15, 0.2) is 0 Å². The molecule has 4 heteroatoms. The van der Waals surface area contributed by atoms with Crippen LogP contribution in [-0.4, -0.2) is 14.8 Å². The molecule has 0 bridgehead atoms. The predicted octanol–water partition coefficient (Wildman–Crippen LogP) is 4.58. The molecule has 0 fully saturated rings. The Morgan fingerprint density at radius 3 is 2.35 bits per heavy atom. The molecule has 2 atom stereocenters. The summed E-state index contributed by atoms with van der Waals surface area (Å²) in [6.07, 6.45) is 4.26. The summed E-state index contributed by atoms with van der Waals surface area (Å²) in [6, 6.07) is 10.4. The summed E-state index contributed by atoms with van der Waals surface area (Å²) >= 11 is 5.71. The number of alkyl halides is 1. The fraction of sp³-hybridized carbons (Fsp3) is 0.625. The van der Waals surface area contributed by atoms with E-state index in [0.717, 1.165) is 31.6 Å². The molecule has 1 aromatic rings. The van der Waals surface area contributed by atoms with Gasteiger partial charge >= 0.3 is 0 Å². The van der Waals surface area contributed by atoms with Crippen molar-refractivity contribution < 1.29 is 4.21 Å². The lowest BCUT2D eigenvalue weighted by Crippen LogP contribution is -2.35. The van der Waals surface area contributed by atoms with Gasteiger partial charge in [0.05, 0.1) is 15.7 Å². The first kappa shape index (κ1) is 17.7. The average molecular weight is 316 g/mol. The quantitative estimate of drug-likeness (QED) is 0.552. The highest BCUT2D eigenvalue weighted by Gasteiger charge is 2.23. The van der Waals surface area contributed by atoms with Crippen molar-refractivity contribution in [1.29, 1.82) is 0 Å². The number of unbranched alkanes of at least 4 members (excludes halogenated alkanes) is 2. The predicted molar refractivity (Wildman–Crippen MR) is 89.4 cm³/mol. The number of hydrogen-bond donors (Lipinski definition) is 1. The van der Waals surface area contributed by atoms with Crippen LogP contribution >= 0.6 is 11.6 Å². The fourth-order valence-electron chi connectivity index (χ4n) is 1.90. The Balaban J connectivity index is 2.67. The molecule has 1 aromatic carbocycles. The van der Waals surface area contributed by atoms with E-state index in [1.54, 1.807) is 0 Å². The molecule has 114 valence electrons. The number of hydrogen-bond acceptors (Lipinski definition) is 1. The van der Waals surface area contributed by atoms with Gasteiger partial charge in [0.2, 0.25) is 0 Å². The zero-order valence-corrected chi connectivity index (χ0v) is 14.3. The van der Waals surface area contributed by atoms with Gasteiger partial charge in [-0.05, 0) is 39.2 Å². The highest BCUT2D eigenvalue weighted by molar-refractivity contribution is 7.84. The normalized spacial score (nSPS) is 15.0. The van der Waals surface area contributed by atoms with Crippen LogP contribution in [0, 0.1) is 0 Å². The van der Waals surface area contributed by atoms with E-state index >= 15 is 0 Å². The molecule has 0 saturated carbocycles. The van der Waals surface area contributed by atoms with Crippen molar-refractivity contribution in [3.63, 3.8) is 0 Å². The van der Waals surface area contributed by atoms with Gasteiger partial charge in [-0.3, -0.25) is 0 Å². The highest BCUT2D eigenvalue weighted by Crippen LogP contribution is 2.22. The maximum Gasteiger partial charge on any atom is 0.0975 e. The lowest BCUT2D eigenvalue weighted by molar-refractivity contribution is 0.537. The van der Waals surface area contributed by atoms with Gasteiger partial charge in [0.1, 0.15) is 0 Å². The first-order chi connectivity index (χ1) is 9.45. The maximum atomic E-state index is 12.3. The second-order valence-electron chi connectivity index (χ2n) is 6.00. The largest absolute Gasteiger partial charge is 0.242 e. The molecule has 0 aliphatic rings. The van der Waals surface area contributed by atoms with Crippen molar-refractivity contribution in [2.75, 3.05) is 5.88 Å². The minimum atomic E-state index is -1.05. The van der Waals surface area contributed by atoms with Gasteiger partial charge in [0.25, 0.3) is 0 Å². The van der Waals surface area contributed by atoms with E-state index in [1.807, 2.05) is 39.0 Å².